The van der Waals surface area contributed by atoms with E-state index in [2.05, 4.69) is 15.6 Å². The maximum Gasteiger partial charge on any atom is 0.325 e. The van der Waals surface area contributed by atoms with E-state index >= 15 is 0 Å². The first kappa shape index (κ1) is 15.1. The summed E-state index contributed by atoms with van der Waals surface area (Å²) in [5, 5.41) is 19.8. The molecular weight excluding hydrogens is 332 g/mol. The van der Waals surface area contributed by atoms with E-state index in [1.807, 2.05) is 18.2 Å². The zero-order chi connectivity index (χ0) is 16.8. The molecule has 2 aliphatic carbocycles. The standard InChI is InChI=1S/C16H15ClN4O3/c17-9-2-1-8-3-12-14(11(8)4-9)15(12)16(24)18-5-10-6-21(20-19-10)7-13(22)23/h1-2,4,6,12,14-15H,3,5,7H2,(H,18,24)(H,22,23). The quantitative estimate of drug-likeness (QED) is 0.848. The molecule has 124 valence electrons. The van der Waals surface area contributed by atoms with E-state index in [9.17, 15) is 9.59 Å². The number of aromatic nitrogens is 3. The molecule has 0 saturated heterocycles. The third-order valence-corrected chi connectivity index (χ3v) is 4.96. The predicted molar refractivity (Wildman–Crippen MR) is 84.4 cm³/mol. The van der Waals surface area contributed by atoms with Crippen molar-refractivity contribution < 1.29 is 14.7 Å². The van der Waals surface area contributed by atoms with Crippen molar-refractivity contribution >= 4 is 23.5 Å². The van der Waals surface area contributed by atoms with Gasteiger partial charge in [-0.15, -0.1) is 5.10 Å². The minimum absolute atomic E-state index is 0.00316. The van der Waals surface area contributed by atoms with Crippen LogP contribution in [0.15, 0.2) is 24.4 Å². The van der Waals surface area contributed by atoms with Gasteiger partial charge in [0.1, 0.15) is 12.2 Å². The fourth-order valence-corrected chi connectivity index (χ4v) is 3.84. The molecule has 1 aromatic carbocycles. The van der Waals surface area contributed by atoms with E-state index in [4.69, 9.17) is 16.7 Å². The number of benzene rings is 1. The summed E-state index contributed by atoms with van der Waals surface area (Å²) in [7, 11) is 0. The summed E-state index contributed by atoms with van der Waals surface area (Å²) in [5.74, 6) is -0.366. The molecule has 7 nitrogen and oxygen atoms in total. The lowest BCUT2D eigenvalue weighted by atomic mass is 10.0. The molecule has 2 aromatic rings. The Bertz CT molecular complexity index is 834. The monoisotopic (exact) mass is 346 g/mol. The van der Waals surface area contributed by atoms with Crippen molar-refractivity contribution in [1.29, 1.82) is 0 Å². The number of amides is 1. The maximum atomic E-state index is 12.4. The van der Waals surface area contributed by atoms with E-state index in [0.29, 0.717) is 16.6 Å². The van der Waals surface area contributed by atoms with E-state index in [1.54, 1.807) is 0 Å². The fourth-order valence-electron chi connectivity index (χ4n) is 3.66. The number of halogens is 1. The Morgan fingerprint density at radius 1 is 1.42 bits per heavy atom. The molecule has 1 saturated carbocycles. The number of rotatable bonds is 5. The molecule has 24 heavy (non-hydrogen) atoms. The van der Waals surface area contributed by atoms with Gasteiger partial charge in [-0.3, -0.25) is 9.59 Å². The van der Waals surface area contributed by atoms with Crippen molar-refractivity contribution in [3.05, 3.63) is 46.2 Å². The Morgan fingerprint density at radius 3 is 3.04 bits per heavy atom. The number of nitrogens with zero attached hydrogens (tertiary/aromatic N) is 3. The predicted octanol–water partition coefficient (Wildman–Crippen LogP) is 1.22. The van der Waals surface area contributed by atoms with Gasteiger partial charge < -0.3 is 10.4 Å². The molecule has 4 rings (SSSR count). The van der Waals surface area contributed by atoms with Gasteiger partial charge in [0.25, 0.3) is 0 Å². The van der Waals surface area contributed by atoms with E-state index in [-0.39, 0.29) is 30.8 Å². The smallest absolute Gasteiger partial charge is 0.325 e. The van der Waals surface area contributed by atoms with Gasteiger partial charge in [0.15, 0.2) is 0 Å². The lowest BCUT2D eigenvalue weighted by Crippen LogP contribution is -2.26. The molecule has 1 heterocycles. The second-order valence-electron chi connectivity index (χ2n) is 6.28. The van der Waals surface area contributed by atoms with Crippen LogP contribution in [0.2, 0.25) is 5.02 Å². The number of fused-ring (bicyclic) bond motifs is 3. The number of hydrogen-bond acceptors (Lipinski definition) is 4. The van der Waals surface area contributed by atoms with Crippen LogP contribution in [0, 0.1) is 11.8 Å². The Labute approximate surface area is 142 Å². The van der Waals surface area contributed by atoms with Crippen LogP contribution in [0.25, 0.3) is 0 Å². The zero-order valence-corrected chi connectivity index (χ0v) is 13.4. The van der Waals surface area contributed by atoms with Crippen LogP contribution < -0.4 is 5.32 Å². The molecule has 8 heteroatoms. The molecule has 1 amide bonds. The number of carboxylic acids is 1. The number of carbonyl (C=O) groups excluding carboxylic acids is 1. The molecule has 2 aliphatic rings. The first-order valence-electron chi connectivity index (χ1n) is 7.70. The highest BCUT2D eigenvalue weighted by molar-refractivity contribution is 6.30. The van der Waals surface area contributed by atoms with Gasteiger partial charge in [0.2, 0.25) is 5.91 Å². The number of hydrogen-bond donors (Lipinski definition) is 2. The van der Waals surface area contributed by atoms with Crippen molar-refractivity contribution in [2.24, 2.45) is 11.8 Å². The molecule has 2 N–H and O–H groups in total. The van der Waals surface area contributed by atoms with Crippen molar-refractivity contribution in [2.45, 2.75) is 25.4 Å². The molecule has 0 aliphatic heterocycles. The molecule has 0 spiro atoms. The lowest BCUT2D eigenvalue weighted by molar-refractivity contribution is -0.138. The van der Waals surface area contributed by atoms with E-state index < -0.39 is 5.97 Å². The highest BCUT2D eigenvalue weighted by Gasteiger charge is 2.59. The van der Waals surface area contributed by atoms with Gasteiger partial charge in [-0.1, -0.05) is 22.9 Å². The van der Waals surface area contributed by atoms with Crippen molar-refractivity contribution in [1.82, 2.24) is 20.3 Å². The average molecular weight is 347 g/mol. The van der Waals surface area contributed by atoms with Gasteiger partial charge in [-0.2, -0.15) is 0 Å². The minimum Gasteiger partial charge on any atom is -0.480 e. The third-order valence-electron chi connectivity index (χ3n) is 4.72. The van der Waals surface area contributed by atoms with E-state index in [0.717, 1.165) is 6.42 Å². The maximum absolute atomic E-state index is 12.4. The summed E-state index contributed by atoms with van der Waals surface area (Å²) < 4.78 is 1.23. The first-order chi connectivity index (χ1) is 11.5. The van der Waals surface area contributed by atoms with Crippen LogP contribution >= 0.6 is 11.6 Å². The topological polar surface area (TPSA) is 97.1 Å². The second-order valence-corrected chi connectivity index (χ2v) is 6.72. The summed E-state index contributed by atoms with van der Waals surface area (Å²) in [4.78, 5) is 23.0. The SMILES string of the molecule is O=C(O)Cn1cc(CNC(=O)C2C3Cc4ccc(Cl)cc4C32)nn1. The Hall–Kier alpha value is -2.41. The van der Waals surface area contributed by atoms with Crippen LogP contribution in [-0.2, 0) is 29.1 Å². The first-order valence-corrected chi connectivity index (χ1v) is 8.07. The zero-order valence-electron chi connectivity index (χ0n) is 12.6. The average Bonchev–Trinajstić information content (AvgIpc) is 2.86. The van der Waals surface area contributed by atoms with Crippen LogP contribution in [-0.4, -0.2) is 32.0 Å². The number of aliphatic carboxylic acids is 1. The van der Waals surface area contributed by atoms with E-state index in [1.165, 1.54) is 22.0 Å². The van der Waals surface area contributed by atoms with Crippen molar-refractivity contribution in [2.75, 3.05) is 0 Å². The molecule has 0 radical (unpaired) electrons. The van der Waals surface area contributed by atoms with Crippen molar-refractivity contribution in [3.8, 4) is 0 Å². The van der Waals surface area contributed by atoms with Crippen LogP contribution in [0.1, 0.15) is 22.7 Å². The summed E-state index contributed by atoms with van der Waals surface area (Å²) in [6, 6.07) is 5.90. The van der Waals surface area contributed by atoms with Gasteiger partial charge in [0.05, 0.1) is 12.7 Å². The number of carboxylic acid groups (broad SMARTS) is 1. The Morgan fingerprint density at radius 2 is 2.25 bits per heavy atom. The van der Waals surface area contributed by atoms with Gasteiger partial charge in [-0.05, 0) is 35.6 Å². The number of nitrogens with one attached hydrogen (secondary N) is 1. The summed E-state index contributed by atoms with van der Waals surface area (Å²) in [5.41, 5.74) is 3.02. The van der Waals surface area contributed by atoms with Crippen molar-refractivity contribution in [3.63, 3.8) is 0 Å². The van der Waals surface area contributed by atoms with Crippen LogP contribution in [0.5, 0.6) is 0 Å². The minimum atomic E-state index is -0.987. The largest absolute Gasteiger partial charge is 0.480 e. The Kier molecular flexibility index (Phi) is 3.53. The Balaban J connectivity index is 1.35. The van der Waals surface area contributed by atoms with Gasteiger partial charge in [-0.25, -0.2) is 4.68 Å². The fraction of sp³-hybridized carbons (Fsp3) is 0.375. The number of carbonyl (C=O) groups is 2. The summed E-state index contributed by atoms with van der Waals surface area (Å²) >= 11 is 6.05. The molecule has 1 aromatic heterocycles. The van der Waals surface area contributed by atoms with Crippen LogP contribution in [0.3, 0.4) is 0 Å². The van der Waals surface area contributed by atoms with Gasteiger partial charge in [0, 0.05) is 16.9 Å². The second kappa shape index (κ2) is 5.59. The molecular formula is C16H15ClN4O3. The molecule has 3 atom stereocenters. The molecule has 1 fully saturated rings. The summed E-state index contributed by atoms with van der Waals surface area (Å²) in [6.07, 6.45) is 2.45. The highest BCUT2D eigenvalue weighted by Crippen LogP contribution is 2.61. The van der Waals surface area contributed by atoms with Crippen LogP contribution in [0.4, 0.5) is 0 Å². The third kappa shape index (κ3) is 2.65. The normalized spacial score (nSPS) is 23.5. The highest BCUT2D eigenvalue weighted by atomic mass is 35.5. The summed E-state index contributed by atoms with van der Waals surface area (Å²) in [6.45, 7) is 0.00204. The molecule has 3 unspecified atom stereocenters. The van der Waals surface area contributed by atoms with Gasteiger partial charge >= 0.3 is 5.97 Å². The lowest BCUT2D eigenvalue weighted by Gasteiger charge is -2.08. The molecule has 0 bridgehead atoms.